The standard InChI is InChI=1S/C26H22N4O6/c27-15-9-3-8-14-26-18-20(24(33)28(22(18)31)16-10-4-1-5-11-16)35-30(26)36-21-19(26)23(32)29(25(21)34)17-12-6-2-7-13-17/h1-2,4-7,10-13,18-21H,3,8-9,14H2/t18-,19-,20-,21+,26?/m1/s1. The normalized spacial score (nSPS) is 31.1. The maximum atomic E-state index is 13.8. The third kappa shape index (κ3) is 2.94. The van der Waals surface area contributed by atoms with Crippen molar-refractivity contribution < 1.29 is 28.9 Å². The lowest BCUT2D eigenvalue weighted by molar-refractivity contribution is -0.364. The SMILES string of the molecule is N#CCCCCC12[C@H]3C(=O)N(c4ccccc4)C(=O)[C@H]3ON1O[C@H]1C(=O)N(c3ccccc3)C(=O)[C@@H]12. The average Bonchev–Trinajstić information content (AvgIpc) is 3.53. The Labute approximate surface area is 206 Å². The van der Waals surface area contributed by atoms with E-state index in [0.29, 0.717) is 30.6 Å². The molecule has 0 saturated carbocycles. The summed E-state index contributed by atoms with van der Waals surface area (Å²) in [5, 5.41) is 10.1. The average molecular weight is 486 g/mol. The number of carbonyl (C=O) groups is 4. The molecule has 4 heterocycles. The fraction of sp³-hybridized carbons (Fsp3) is 0.346. The van der Waals surface area contributed by atoms with Crippen molar-refractivity contribution in [2.45, 2.75) is 43.4 Å². The zero-order chi connectivity index (χ0) is 25.0. The lowest BCUT2D eigenvalue weighted by Crippen LogP contribution is -2.54. The van der Waals surface area contributed by atoms with Gasteiger partial charge in [0, 0.05) is 6.42 Å². The zero-order valence-electron chi connectivity index (χ0n) is 19.1. The van der Waals surface area contributed by atoms with E-state index >= 15 is 0 Å². The van der Waals surface area contributed by atoms with E-state index in [4.69, 9.17) is 14.9 Å². The first-order valence-electron chi connectivity index (χ1n) is 11.9. The first-order valence-corrected chi connectivity index (χ1v) is 11.9. The van der Waals surface area contributed by atoms with Crippen molar-refractivity contribution in [1.82, 2.24) is 5.23 Å². The molecule has 10 nitrogen and oxygen atoms in total. The van der Waals surface area contributed by atoms with Crippen LogP contribution < -0.4 is 9.80 Å². The molecule has 4 aliphatic heterocycles. The largest absolute Gasteiger partial charge is 0.273 e. The Hall–Kier alpha value is -3.91. The third-order valence-electron chi connectivity index (χ3n) is 7.49. The number of fused-ring (bicyclic) bond motifs is 5. The van der Waals surface area contributed by atoms with Crippen LogP contribution in [0, 0.1) is 23.2 Å². The maximum Gasteiger partial charge on any atom is 0.266 e. The molecule has 6 rings (SSSR count). The molecule has 4 aliphatic rings. The summed E-state index contributed by atoms with van der Waals surface area (Å²) in [7, 11) is 0. The Kier molecular flexibility index (Phi) is 5.22. The highest BCUT2D eigenvalue weighted by Crippen LogP contribution is 2.58. The Morgan fingerprint density at radius 3 is 1.64 bits per heavy atom. The first-order chi connectivity index (χ1) is 17.5. The molecule has 10 heteroatoms. The summed E-state index contributed by atoms with van der Waals surface area (Å²) in [5.41, 5.74) is -0.545. The highest BCUT2D eigenvalue weighted by molar-refractivity contribution is 6.26. The molecular weight excluding hydrogens is 464 g/mol. The monoisotopic (exact) mass is 486 g/mol. The van der Waals surface area contributed by atoms with Gasteiger partial charge in [0.25, 0.3) is 11.8 Å². The van der Waals surface area contributed by atoms with Gasteiger partial charge in [0.15, 0.2) is 12.2 Å². The van der Waals surface area contributed by atoms with E-state index in [1.54, 1.807) is 60.7 Å². The number of benzene rings is 2. The number of para-hydroxylation sites is 2. The molecule has 0 aromatic heterocycles. The van der Waals surface area contributed by atoms with Crippen LogP contribution in [-0.4, -0.2) is 46.6 Å². The minimum Gasteiger partial charge on any atom is -0.273 e. The molecule has 4 amide bonds. The van der Waals surface area contributed by atoms with Crippen LogP contribution in [0.5, 0.6) is 0 Å². The zero-order valence-corrected chi connectivity index (χ0v) is 19.1. The number of imide groups is 2. The van der Waals surface area contributed by atoms with Gasteiger partial charge in [-0.2, -0.15) is 5.26 Å². The quantitative estimate of drug-likeness (QED) is 0.450. The molecule has 182 valence electrons. The summed E-state index contributed by atoms with van der Waals surface area (Å²) < 4.78 is 0. The number of hydrogen-bond acceptors (Lipinski definition) is 8. The molecule has 1 unspecified atom stereocenters. The number of unbranched alkanes of at least 4 members (excludes halogenated alkanes) is 2. The van der Waals surface area contributed by atoms with E-state index in [2.05, 4.69) is 6.07 Å². The van der Waals surface area contributed by atoms with Gasteiger partial charge in [0.05, 0.1) is 17.4 Å². The van der Waals surface area contributed by atoms with Crippen molar-refractivity contribution in [3.05, 3.63) is 60.7 Å². The molecule has 36 heavy (non-hydrogen) atoms. The van der Waals surface area contributed by atoms with Gasteiger partial charge in [-0.05, 0) is 37.1 Å². The van der Waals surface area contributed by atoms with Crippen LogP contribution in [0.4, 0.5) is 11.4 Å². The predicted molar refractivity (Wildman–Crippen MR) is 123 cm³/mol. The highest BCUT2D eigenvalue weighted by atomic mass is 17.0. The Bertz CT molecular complexity index is 1210. The molecule has 2 aromatic carbocycles. The Balaban J connectivity index is 1.42. The summed E-state index contributed by atoms with van der Waals surface area (Å²) >= 11 is 0. The number of rotatable bonds is 6. The molecule has 0 bridgehead atoms. The first kappa shape index (κ1) is 22.5. The number of nitrogens with zero attached hydrogens (tertiary/aromatic N) is 4. The molecule has 2 aromatic rings. The van der Waals surface area contributed by atoms with Gasteiger partial charge in [0.2, 0.25) is 11.8 Å². The Morgan fingerprint density at radius 2 is 1.19 bits per heavy atom. The Morgan fingerprint density at radius 1 is 0.722 bits per heavy atom. The van der Waals surface area contributed by atoms with E-state index in [1.165, 1.54) is 0 Å². The second kappa shape index (κ2) is 8.34. The lowest BCUT2D eigenvalue weighted by Gasteiger charge is -2.35. The topological polar surface area (TPSA) is 120 Å². The van der Waals surface area contributed by atoms with Gasteiger partial charge in [-0.1, -0.05) is 48.0 Å². The van der Waals surface area contributed by atoms with E-state index in [0.717, 1.165) is 15.0 Å². The van der Waals surface area contributed by atoms with Gasteiger partial charge < -0.3 is 0 Å². The van der Waals surface area contributed by atoms with Crippen molar-refractivity contribution in [2.24, 2.45) is 11.8 Å². The summed E-state index contributed by atoms with van der Waals surface area (Å²) in [6, 6.07) is 19.2. The van der Waals surface area contributed by atoms with Crippen molar-refractivity contribution in [3.63, 3.8) is 0 Å². The van der Waals surface area contributed by atoms with E-state index in [-0.39, 0.29) is 6.42 Å². The third-order valence-corrected chi connectivity index (χ3v) is 7.49. The molecule has 0 N–H and O–H groups in total. The van der Waals surface area contributed by atoms with Crippen LogP contribution in [0.1, 0.15) is 25.7 Å². The number of hydrogen-bond donors (Lipinski definition) is 0. The van der Waals surface area contributed by atoms with E-state index in [9.17, 15) is 19.2 Å². The number of hydroxylamine groups is 2. The molecule has 4 fully saturated rings. The molecular formula is C26H22N4O6. The summed E-state index contributed by atoms with van der Waals surface area (Å²) in [5.74, 6) is -4.18. The lowest BCUT2D eigenvalue weighted by atomic mass is 9.69. The molecule has 0 radical (unpaired) electrons. The second-order valence-corrected chi connectivity index (χ2v) is 9.32. The summed E-state index contributed by atoms with van der Waals surface area (Å²) in [4.78, 5) is 68.4. The van der Waals surface area contributed by atoms with Crippen LogP contribution in [0.3, 0.4) is 0 Å². The minimum absolute atomic E-state index is 0.236. The van der Waals surface area contributed by atoms with Crippen LogP contribution in [0.15, 0.2) is 60.7 Å². The molecule has 5 atom stereocenters. The van der Waals surface area contributed by atoms with Crippen LogP contribution >= 0.6 is 0 Å². The van der Waals surface area contributed by atoms with Crippen molar-refractivity contribution in [1.29, 1.82) is 5.26 Å². The number of nitriles is 1. The maximum absolute atomic E-state index is 13.8. The van der Waals surface area contributed by atoms with Gasteiger partial charge in [-0.3, -0.25) is 28.9 Å². The van der Waals surface area contributed by atoms with Crippen molar-refractivity contribution in [2.75, 3.05) is 9.80 Å². The summed E-state index contributed by atoms with van der Waals surface area (Å²) in [6.07, 6.45) is -0.822. The fourth-order valence-corrected chi connectivity index (χ4v) is 5.98. The smallest absolute Gasteiger partial charge is 0.266 e. The minimum atomic E-state index is -1.36. The molecule has 0 spiro atoms. The fourth-order valence-electron chi connectivity index (χ4n) is 5.98. The van der Waals surface area contributed by atoms with E-state index < -0.39 is 53.2 Å². The van der Waals surface area contributed by atoms with Gasteiger partial charge in [-0.25, -0.2) is 9.80 Å². The number of anilines is 2. The molecule has 4 saturated heterocycles. The van der Waals surface area contributed by atoms with Crippen LogP contribution in [0.2, 0.25) is 0 Å². The summed E-state index contributed by atoms with van der Waals surface area (Å²) in [6.45, 7) is 0. The van der Waals surface area contributed by atoms with Gasteiger partial charge in [-0.15, -0.1) is 0 Å². The second-order valence-electron chi connectivity index (χ2n) is 9.32. The predicted octanol–water partition coefficient (Wildman–Crippen LogP) is 2.12. The number of carbonyl (C=O) groups excluding carboxylic acids is 4. The van der Waals surface area contributed by atoms with Crippen LogP contribution in [0.25, 0.3) is 0 Å². The highest BCUT2D eigenvalue weighted by Gasteiger charge is 2.78. The van der Waals surface area contributed by atoms with Gasteiger partial charge >= 0.3 is 0 Å². The van der Waals surface area contributed by atoms with Gasteiger partial charge in [0.1, 0.15) is 17.4 Å². The van der Waals surface area contributed by atoms with E-state index in [1.807, 2.05) is 0 Å². The molecule has 0 aliphatic carbocycles. The van der Waals surface area contributed by atoms with Crippen LogP contribution in [-0.2, 0) is 28.9 Å². The van der Waals surface area contributed by atoms with Crippen molar-refractivity contribution >= 4 is 35.0 Å². The van der Waals surface area contributed by atoms with Crippen molar-refractivity contribution in [3.8, 4) is 6.07 Å². The number of amides is 4.